The van der Waals surface area contributed by atoms with Gasteiger partial charge in [-0.15, -0.1) is 0 Å². The zero-order valence-electron chi connectivity index (χ0n) is 16.8. The van der Waals surface area contributed by atoms with E-state index in [1.54, 1.807) is 6.08 Å². The molecular formula is C22H32F3N. The number of rotatable bonds is 7. The number of halogens is 3. The van der Waals surface area contributed by atoms with Gasteiger partial charge in [0.05, 0.1) is 0 Å². The van der Waals surface area contributed by atoms with Crippen LogP contribution in [0, 0.1) is 6.92 Å². The van der Waals surface area contributed by atoms with Gasteiger partial charge in [-0.1, -0.05) is 69.3 Å². The number of aryl methyl sites for hydroxylation is 1. The van der Waals surface area contributed by atoms with Gasteiger partial charge in [0, 0.05) is 18.2 Å². The molecule has 0 bridgehead atoms. The predicted molar refractivity (Wildman–Crippen MR) is 106 cm³/mol. The molecule has 26 heavy (non-hydrogen) atoms. The highest BCUT2D eigenvalue weighted by Crippen LogP contribution is 2.27. The Morgan fingerprint density at radius 1 is 1.19 bits per heavy atom. The predicted octanol–water partition coefficient (Wildman–Crippen LogP) is 7.03. The van der Waals surface area contributed by atoms with Gasteiger partial charge >= 0.3 is 6.18 Å². The minimum absolute atomic E-state index is 0.100. The molecule has 0 aliphatic heterocycles. The van der Waals surface area contributed by atoms with Crippen LogP contribution in [0.4, 0.5) is 13.2 Å². The molecule has 146 valence electrons. The van der Waals surface area contributed by atoms with Crippen LogP contribution in [0.5, 0.6) is 0 Å². The third-order valence-corrected chi connectivity index (χ3v) is 3.94. The second kappa shape index (κ2) is 11.7. The lowest BCUT2D eigenvalue weighted by atomic mass is 10.0. The molecule has 0 aliphatic rings. The molecule has 0 aliphatic carbocycles. The van der Waals surface area contributed by atoms with Crippen molar-refractivity contribution in [2.75, 3.05) is 13.6 Å². The minimum atomic E-state index is -4.40. The molecule has 1 rings (SSSR count). The van der Waals surface area contributed by atoms with Crippen LogP contribution in [0.2, 0.25) is 0 Å². The van der Waals surface area contributed by atoms with E-state index in [1.165, 1.54) is 5.56 Å². The molecule has 1 nitrogen and oxygen atoms in total. The fourth-order valence-corrected chi connectivity index (χ4v) is 2.25. The number of alkyl halides is 3. The summed E-state index contributed by atoms with van der Waals surface area (Å²) in [6, 6.07) is 8.29. The van der Waals surface area contributed by atoms with Crippen LogP contribution >= 0.6 is 0 Å². The zero-order chi connectivity index (χ0) is 20.3. The number of hydrogen-bond donors (Lipinski definition) is 0. The van der Waals surface area contributed by atoms with Crippen LogP contribution in [-0.4, -0.2) is 24.7 Å². The van der Waals surface area contributed by atoms with Gasteiger partial charge in [0.25, 0.3) is 0 Å². The van der Waals surface area contributed by atoms with Crippen molar-refractivity contribution in [3.05, 3.63) is 71.3 Å². The van der Waals surface area contributed by atoms with Crippen LogP contribution in [0.25, 0.3) is 0 Å². The lowest BCUT2D eigenvalue weighted by molar-refractivity contribution is -0.0878. The van der Waals surface area contributed by atoms with Crippen molar-refractivity contribution in [1.82, 2.24) is 4.90 Å². The van der Waals surface area contributed by atoms with E-state index in [4.69, 9.17) is 0 Å². The summed E-state index contributed by atoms with van der Waals surface area (Å²) in [5.41, 5.74) is 2.09. The molecule has 4 heteroatoms. The molecular weight excluding hydrogens is 335 g/mol. The van der Waals surface area contributed by atoms with Gasteiger partial charge in [-0.3, -0.25) is 4.90 Å². The summed E-state index contributed by atoms with van der Waals surface area (Å²) in [5.74, 6) is 0. The highest BCUT2D eigenvalue weighted by atomic mass is 19.4. The molecule has 1 unspecified atom stereocenters. The van der Waals surface area contributed by atoms with Gasteiger partial charge in [-0.2, -0.15) is 13.2 Å². The topological polar surface area (TPSA) is 3.24 Å². The largest absolute Gasteiger partial charge is 0.415 e. The molecule has 0 fully saturated rings. The van der Waals surface area contributed by atoms with Crippen LogP contribution < -0.4 is 0 Å². The molecule has 0 saturated carbocycles. The number of allylic oxidation sites excluding steroid dienone is 3. The molecule has 0 saturated heterocycles. The molecule has 1 aromatic rings. The maximum absolute atomic E-state index is 12.7. The van der Waals surface area contributed by atoms with Gasteiger partial charge in [0.1, 0.15) is 0 Å². The van der Waals surface area contributed by atoms with E-state index < -0.39 is 11.7 Å². The lowest BCUT2D eigenvalue weighted by Crippen LogP contribution is -2.24. The van der Waals surface area contributed by atoms with Crippen molar-refractivity contribution in [3.63, 3.8) is 0 Å². The smallest absolute Gasteiger partial charge is 0.295 e. The SMILES string of the molecule is C=C(/C=C(\C=C/CC)CN(C)C(C)c1ccc(C)cc1)C(F)(F)F.CC. The van der Waals surface area contributed by atoms with Crippen LogP contribution in [-0.2, 0) is 0 Å². The van der Waals surface area contributed by atoms with E-state index in [9.17, 15) is 13.2 Å². The third-order valence-electron chi connectivity index (χ3n) is 3.94. The zero-order valence-corrected chi connectivity index (χ0v) is 16.8. The van der Waals surface area contributed by atoms with Gasteiger partial charge in [-0.25, -0.2) is 0 Å². The number of likely N-dealkylation sites (N-methyl/N-ethyl adjacent to an activating group) is 1. The summed E-state index contributed by atoms with van der Waals surface area (Å²) in [7, 11) is 1.91. The summed E-state index contributed by atoms with van der Waals surface area (Å²) >= 11 is 0. The van der Waals surface area contributed by atoms with Crippen LogP contribution in [0.3, 0.4) is 0 Å². The van der Waals surface area contributed by atoms with E-state index in [0.717, 1.165) is 18.1 Å². The summed E-state index contributed by atoms with van der Waals surface area (Å²) in [6.45, 7) is 13.6. The molecule has 0 spiro atoms. The van der Waals surface area contributed by atoms with Gasteiger partial charge in [-0.05, 0) is 44.5 Å². The average Bonchev–Trinajstić information content (AvgIpc) is 2.60. The Kier molecular flexibility index (Phi) is 10.9. The first-order chi connectivity index (χ1) is 12.1. The van der Waals surface area contributed by atoms with Crippen molar-refractivity contribution in [3.8, 4) is 0 Å². The Balaban J connectivity index is 0.00000301. The van der Waals surface area contributed by atoms with Crippen LogP contribution in [0.15, 0.2) is 60.2 Å². The Hall–Kier alpha value is -1.81. The summed E-state index contributed by atoms with van der Waals surface area (Å²) < 4.78 is 38.2. The molecule has 0 radical (unpaired) electrons. The van der Waals surface area contributed by atoms with Crippen LogP contribution in [0.1, 0.15) is 51.3 Å². The highest BCUT2D eigenvalue weighted by molar-refractivity contribution is 5.32. The molecule has 0 heterocycles. The Morgan fingerprint density at radius 2 is 1.73 bits per heavy atom. The third kappa shape index (κ3) is 8.52. The van der Waals surface area contributed by atoms with Gasteiger partial charge in [0.15, 0.2) is 0 Å². The molecule has 0 N–H and O–H groups in total. The number of hydrogen-bond acceptors (Lipinski definition) is 1. The van der Waals surface area contributed by atoms with Gasteiger partial charge < -0.3 is 0 Å². The normalized spacial score (nSPS) is 13.5. The Morgan fingerprint density at radius 3 is 2.19 bits per heavy atom. The first-order valence-electron chi connectivity index (χ1n) is 9.05. The number of nitrogens with zero attached hydrogens (tertiary/aromatic N) is 1. The maximum atomic E-state index is 12.7. The summed E-state index contributed by atoms with van der Waals surface area (Å²) in [6.07, 6.45) is 1.11. The number of benzene rings is 1. The molecule has 1 atom stereocenters. The monoisotopic (exact) mass is 367 g/mol. The van der Waals surface area contributed by atoms with Gasteiger partial charge in [0.2, 0.25) is 0 Å². The Bertz CT molecular complexity index is 595. The fourth-order valence-electron chi connectivity index (χ4n) is 2.25. The Labute approximate surface area is 156 Å². The summed E-state index contributed by atoms with van der Waals surface area (Å²) in [5, 5.41) is 0. The average molecular weight is 367 g/mol. The fraction of sp³-hybridized carbons (Fsp3) is 0.455. The molecule has 0 aromatic heterocycles. The molecule has 1 aromatic carbocycles. The highest BCUT2D eigenvalue weighted by Gasteiger charge is 2.30. The van der Waals surface area contributed by atoms with Crippen molar-refractivity contribution in [2.24, 2.45) is 0 Å². The quantitative estimate of drug-likeness (QED) is 0.468. The second-order valence-corrected chi connectivity index (χ2v) is 6.05. The maximum Gasteiger partial charge on any atom is 0.415 e. The standard InChI is InChI=1S/C20H26F3N.C2H6/c1-6-7-8-18(13-16(3)20(21,22)23)14-24(5)17(4)19-11-9-15(2)10-12-19;1-2/h7-13,17H,3,6,14H2,1-2,4-5H3;1-2H3/b8-7-,18-13+;. The molecule has 0 amide bonds. The van der Waals surface area contributed by atoms with Crippen molar-refractivity contribution in [1.29, 1.82) is 0 Å². The van der Waals surface area contributed by atoms with E-state index in [-0.39, 0.29) is 6.04 Å². The second-order valence-electron chi connectivity index (χ2n) is 6.05. The lowest BCUT2D eigenvalue weighted by Gasteiger charge is -2.26. The minimum Gasteiger partial charge on any atom is -0.295 e. The first kappa shape index (κ1) is 24.2. The summed E-state index contributed by atoms with van der Waals surface area (Å²) in [4.78, 5) is 2.03. The first-order valence-corrected chi connectivity index (χ1v) is 9.05. The van der Waals surface area contributed by atoms with Crippen molar-refractivity contribution >= 4 is 0 Å². The van der Waals surface area contributed by atoms with Crippen molar-refractivity contribution in [2.45, 2.75) is 53.3 Å². The van der Waals surface area contributed by atoms with Crippen molar-refractivity contribution < 1.29 is 13.2 Å². The van der Waals surface area contributed by atoms with E-state index in [0.29, 0.717) is 12.1 Å². The van der Waals surface area contributed by atoms with E-state index >= 15 is 0 Å². The van der Waals surface area contributed by atoms with E-state index in [1.807, 2.05) is 64.8 Å². The van der Waals surface area contributed by atoms with E-state index in [2.05, 4.69) is 18.7 Å².